The van der Waals surface area contributed by atoms with Crippen LogP contribution in [0, 0.1) is 6.92 Å². The largest absolute Gasteiger partial charge is 0.475 e. The van der Waals surface area contributed by atoms with Crippen LogP contribution in [0.15, 0.2) is 74.4 Å². The Bertz CT molecular complexity index is 1180. The third-order valence-corrected chi connectivity index (χ3v) is 6.06. The zero-order valence-corrected chi connectivity index (χ0v) is 17.1. The summed E-state index contributed by atoms with van der Waals surface area (Å²) in [5.41, 5.74) is 2.21. The fourth-order valence-electron chi connectivity index (χ4n) is 2.95. The quantitative estimate of drug-likeness (QED) is 0.661. The zero-order valence-electron chi connectivity index (χ0n) is 15.5. The van der Waals surface area contributed by atoms with E-state index in [0.29, 0.717) is 16.0 Å². The molecule has 0 radical (unpaired) electrons. The van der Waals surface area contributed by atoms with E-state index in [9.17, 15) is 8.42 Å². The van der Waals surface area contributed by atoms with Crippen molar-refractivity contribution in [2.45, 2.75) is 31.1 Å². The second kappa shape index (κ2) is 7.98. The normalized spacial score (nSPS) is 17.1. The number of benzene rings is 1. The van der Waals surface area contributed by atoms with Gasteiger partial charge in [0.1, 0.15) is 18.2 Å². The first kappa shape index (κ1) is 19.6. The summed E-state index contributed by atoms with van der Waals surface area (Å²) >= 11 is 6.09. The number of nitrogens with zero attached hydrogens (tertiary/aromatic N) is 2. The van der Waals surface area contributed by atoms with Crippen molar-refractivity contribution in [1.29, 1.82) is 0 Å². The number of aliphatic imine (C=N–C) groups is 1. The standard InChI is InChI=1S/C20H18ClN3O4S/c1-13-15(6-4-8-22-13)12-27-20-17(10-16(21)11-23-20)24-29(25,26)19-9-14-5-2-3-7-18(14)28-19/h2-9,11,17,24H,10,12H2,1H3. The van der Waals surface area contributed by atoms with Gasteiger partial charge >= 0.3 is 0 Å². The number of furan rings is 1. The number of pyridine rings is 1. The van der Waals surface area contributed by atoms with E-state index in [1.807, 2.05) is 25.1 Å². The van der Waals surface area contributed by atoms with Crippen molar-refractivity contribution in [3.63, 3.8) is 0 Å². The van der Waals surface area contributed by atoms with Gasteiger partial charge < -0.3 is 9.15 Å². The van der Waals surface area contributed by atoms with Crippen LogP contribution in [0.4, 0.5) is 0 Å². The first-order valence-electron chi connectivity index (χ1n) is 8.89. The number of rotatable bonds is 5. The molecule has 4 rings (SSSR count). The Morgan fingerprint density at radius 3 is 2.90 bits per heavy atom. The van der Waals surface area contributed by atoms with Crippen LogP contribution in [0.3, 0.4) is 0 Å². The fraction of sp³-hybridized carbons (Fsp3) is 0.200. The zero-order chi connectivity index (χ0) is 20.4. The minimum atomic E-state index is -3.94. The average molecular weight is 432 g/mol. The van der Waals surface area contributed by atoms with Gasteiger partial charge in [0.2, 0.25) is 11.0 Å². The Balaban J connectivity index is 1.54. The Hall–Kier alpha value is -2.68. The number of ether oxygens (including phenoxy) is 1. The highest BCUT2D eigenvalue weighted by atomic mass is 35.5. The van der Waals surface area contributed by atoms with E-state index in [1.54, 1.807) is 24.4 Å². The van der Waals surface area contributed by atoms with E-state index in [-0.39, 0.29) is 24.0 Å². The molecule has 1 aromatic carbocycles. The lowest BCUT2D eigenvalue weighted by Crippen LogP contribution is -2.42. The molecule has 9 heteroatoms. The SMILES string of the molecule is Cc1ncccc1COC1=NC=C(Cl)CC1NS(=O)(=O)c1cc2ccccc2o1. The number of hydrogen-bond acceptors (Lipinski definition) is 6. The van der Waals surface area contributed by atoms with Gasteiger partial charge in [0.15, 0.2) is 0 Å². The van der Waals surface area contributed by atoms with E-state index in [0.717, 1.165) is 11.3 Å². The number of hydrogen-bond donors (Lipinski definition) is 1. The second-order valence-corrected chi connectivity index (χ2v) is 8.69. The summed E-state index contributed by atoms with van der Waals surface area (Å²) in [6.45, 7) is 2.09. The molecule has 2 aromatic heterocycles. The van der Waals surface area contributed by atoms with Crippen LogP contribution in [0.5, 0.6) is 0 Å². The number of para-hydroxylation sites is 1. The van der Waals surface area contributed by atoms with Crippen molar-refractivity contribution in [2.75, 3.05) is 0 Å². The molecule has 1 aliphatic heterocycles. The summed E-state index contributed by atoms with van der Waals surface area (Å²) in [7, 11) is -3.94. The van der Waals surface area contributed by atoms with Gasteiger partial charge in [-0.05, 0) is 19.1 Å². The summed E-state index contributed by atoms with van der Waals surface area (Å²) in [6, 6.07) is 11.5. The molecule has 1 unspecified atom stereocenters. The molecular formula is C20H18ClN3O4S. The molecule has 1 N–H and O–H groups in total. The molecule has 1 atom stereocenters. The lowest BCUT2D eigenvalue weighted by atomic mass is 10.2. The van der Waals surface area contributed by atoms with E-state index in [1.165, 1.54) is 12.3 Å². The highest BCUT2D eigenvalue weighted by Gasteiger charge is 2.30. The molecule has 0 saturated carbocycles. The highest BCUT2D eigenvalue weighted by molar-refractivity contribution is 7.89. The molecule has 0 fully saturated rings. The van der Waals surface area contributed by atoms with Crippen molar-refractivity contribution in [2.24, 2.45) is 4.99 Å². The Labute approximate surface area is 173 Å². The second-order valence-electron chi connectivity index (χ2n) is 6.56. The maximum absolute atomic E-state index is 12.9. The van der Waals surface area contributed by atoms with Gasteiger partial charge in [0.25, 0.3) is 10.0 Å². The fourth-order valence-corrected chi connectivity index (χ4v) is 4.31. The number of fused-ring (bicyclic) bond motifs is 1. The first-order chi connectivity index (χ1) is 13.9. The van der Waals surface area contributed by atoms with Crippen molar-refractivity contribution in [1.82, 2.24) is 9.71 Å². The number of sulfonamides is 1. The van der Waals surface area contributed by atoms with Gasteiger partial charge in [0.05, 0.1) is 0 Å². The molecule has 0 bridgehead atoms. The van der Waals surface area contributed by atoms with Crippen LogP contribution in [-0.2, 0) is 21.4 Å². The summed E-state index contributed by atoms with van der Waals surface area (Å²) < 4.78 is 39.6. The molecule has 29 heavy (non-hydrogen) atoms. The molecule has 3 aromatic rings. The molecule has 0 amide bonds. The lowest BCUT2D eigenvalue weighted by Gasteiger charge is -2.22. The number of aryl methyl sites for hydroxylation is 1. The van der Waals surface area contributed by atoms with E-state index < -0.39 is 16.1 Å². The van der Waals surface area contributed by atoms with E-state index in [2.05, 4.69) is 14.7 Å². The van der Waals surface area contributed by atoms with Gasteiger partial charge in [0, 0.05) is 46.6 Å². The van der Waals surface area contributed by atoms with Crippen LogP contribution in [0.1, 0.15) is 17.7 Å². The van der Waals surface area contributed by atoms with E-state index >= 15 is 0 Å². The molecule has 3 heterocycles. The van der Waals surface area contributed by atoms with Gasteiger partial charge in [-0.15, -0.1) is 0 Å². The van der Waals surface area contributed by atoms with Gasteiger partial charge in [-0.3, -0.25) is 4.98 Å². The minimum Gasteiger partial charge on any atom is -0.475 e. The van der Waals surface area contributed by atoms with Crippen LogP contribution >= 0.6 is 11.6 Å². The third-order valence-electron chi connectivity index (χ3n) is 4.49. The number of halogens is 1. The van der Waals surface area contributed by atoms with Gasteiger partial charge in [-0.1, -0.05) is 35.9 Å². The molecule has 0 saturated heterocycles. The summed E-state index contributed by atoms with van der Waals surface area (Å²) in [5, 5.41) is 0.950. The van der Waals surface area contributed by atoms with Crippen LogP contribution in [0.25, 0.3) is 11.0 Å². The highest BCUT2D eigenvalue weighted by Crippen LogP contribution is 2.24. The molecule has 1 aliphatic rings. The van der Waals surface area contributed by atoms with Crippen molar-refractivity contribution in [3.05, 3.63) is 71.2 Å². The number of aromatic nitrogens is 1. The molecule has 7 nitrogen and oxygen atoms in total. The summed E-state index contributed by atoms with van der Waals surface area (Å²) in [5.74, 6) is 0.234. The van der Waals surface area contributed by atoms with Crippen molar-refractivity contribution >= 4 is 38.5 Å². The summed E-state index contributed by atoms with van der Waals surface area (Å²) in [4.78, 5) is 8.40. The molecule has 150 valence electrons. The van der Waals surface area contributed by atoms with E-state index in [4.69, 9.17) is 20.8 Å². The molecular weight excluding hydrogens is 414 g/mol. The minimum absolute atomic E-state index is 0.174. The molecule has 0 aliphatic carbocycles. The van der Waals surface area contributed by atoms with Gasteiger partial charge in [-0.2, -0.15) is 4.72 Å². The van der Waals surface area contributed by atoms with Crippen molar-refractivity contribution < 1.29 is 17.6 Å². The third kappa shape index (κ3) is 4.34. The summed E-state index contributed by atoms with van der Waals surface area (Å²) in [6.07, 6.45) is 3.38. The van der Waals surface area contributed by atoms with Crippen LogP contribution in [-0.4, -0.2) is 25.3 Å². The average Bonchev–Trinajstić information content (AvgIpc) is 3.14. The maximum atomic E-state index is 12.9. The predicted octanol–water partition coefficient (Wildman–Crippen LogP) is 3.88. The monoisotopic (exact) mass is 431 g/mol. The Morgan fingerprint density at radius 2 is 2.10 bits per heavy atom. The predicted molar refractivity (Wildman–Crippen MR) is 110 cm³/mol. The first-order valence-corrected chi connectivity index (χ1v) is 10.7. The maximum Gasteiger partial charge on any atom is 0.274 e. The Kier molecular flexibility index (Phi) is 5.40. The van der Waals surface area contributed by atoms with Crippen molar-refractivity contribution in [3.8, 4) is 0 Å². The van der Waals surface area contributed by atoms with Crippen LogP contribution < -0.4 is 4.72 Å². The molecule has 0 spiro atoms. The topological polar surface area (TPSA) is 93.8 Å². The number of nitrogens with one attached hydrogen (secondary N) is 1. The smallest absolute Gasteiger partial charge is 0.274 e. The Morgan fingerprint density at radius 1 is 1.28 bits per heavy atom. The van der Waals surface area contributed by atoms with Gasteiger partial charge in [-0.25, -0.2) is 13.4 Å². The lowest BCUT2D eigenvalue weighted by molar-refractivity contribution is 0.273. The van der Waals surface area contributed by atoms with Crippen LogP contribution in [0.2, 0.25) is 0 Å².